The summed E-state index contributed by atoms with van der Waals surface area (Å²) in [6.07, 6.45) is 6.36. The second-order valence-electron chi connectivity index (χ2n) is 10.8. The van der Waals surface area contributed by atoms with Crippen LogP contribution in [0.25, 0.3) is 0 Å². The summed E-state index contributed by atoms with van der Waals surface area (Å²) in [6.45, 7) is 10.5. The number of likely N-dealkylation sites (N-methyl/N-ethyl adjacent to an activating group) is 1. The number of aliphatic hydroxyl groups is 1. The van der Waals surface area contributed by atoms with Gasteiger partial charge in [0.15, 0.2) is 0 Å². The van der Waals surface area contributed by atoms with E-state index in [0.29, 0.717) is 30.1 Å². The van der Waals surface area contributed by atoms with Crippen LogP contribution in [0.3, 0.4) is 0 Å². The van der Waals surface area contributed by atoms with Crippen LogP contribution >= 0.6 is 0 Å². The van der Waals surface area contributed by atoms with E-state index in [4.69, 9.17) is 0 Å². The van der Waals surface area contributed by atoms with Crippen molar-refractivity contribution in [2.24, 2.45) is 34.5 Å². The van der Waals surface area contributed by atoms with Gasteiger partial charge in [0.2, 0.25) is 5.91 Å². The fraction of sp³-hybridized carbons (Fsp3) is 0.917. The van der Waals surface area contributed by atoms with Gasteiger partial charge in [-0.15, -0.1) is 0 Å². The molecule has 1 aliphatic heterocycles. The summed E-state index contributed by atoms with van der Waals surface area (Å²) >= 11 is 0. The van der Waals surface area contributed by atoms with Crippen molar-refractivity contribution in [2.75, 3.05) is 20.1 Å². The first-order valence-corrected chi connectivity index (χ1v) is 11.9. The van der Waals surface area contributed by atoms with Gasteiger partial charge in [-0.1, -0.05) is 13.8 Å². The number of hydrogen-bond acceptors (Lipinski definition) is 3. The van der Waals surface area contributed by atoms with Gasteiger partial charge in [0, 0.05) is 32.1 Å². The molecule has 0 aromatic carbocycles. The topological polar surface area (TPSA) is 60.9 Å². The number of fused-ring (bicyclic) bond motifs is 5. The number of amides is 2. The fourth-order valence-corrected chi connectivity index (χ4v) is 8.41. The van der Waals surface area contributed by atoms with Crippen molar-refractivity contribution < 1.29 is 14.7 Å². The summed E-state index contributed by atoms with van der Waals surface area (Å²) in [6, 6.07) is 0.249. The Kier molecular flexibility index (Phi) is 5.28. The number of aliphatic hydroxyl groups excluding tert-OH is 1. The molecule has 164 valence electrons. The third kappa shape index (κ3) is 2.90. The summed E-state index contributed by atoms with van der Waals surface area (Å²) in [4.78, 5) is 29.6. The lowest BCUT2D eigenvalue weighted by molar-refractivity contribution is -0.176. The molecule has 4 rings (SSSR count). The van der Waals surface area contributed by atoms with Gasteiger partial charge >= 0.3 is 0 Å². The Bertz CT molecular complexity index is 677. The third-order valence-corrected chi connectivity index (χ3v) is 9.93. The van der Waals surface area contributed by atoms with Crippen LogP contribution in [-0.4, -0.2) is 59.0 Å². The van der Waals surface area contributed by atoms with E-state index in [1.54, 1.807) is 0 Å². The zero-order chi connectivity index (χ0) is 21.1. The maximum atomic E-state index is 13.3. The molecule has 1 saturated heterocycles. The first-order chi connectivity index (χ1) is 13.7. The van der Waals surface area contributed by atoms with Crippen LogP contribution in [-0.2, 0) is 9.59 Å². The molecule has 3 saturated carbocycles. The summed E-state index contributed by atoms with van der Waals surface area (Å²) in [5, 5.41) is 10.5. The maximum Gasteiger partial charge on any atom is 0.251 e. The third-order valence-electron chi connectivity index (χ3n) is 9.93. The normalized spacial score (nSPS) is 46.7. The number of carbonyl (C=O) groups excluding carboxylic acids is 2. The minimum absolute atomic E-state index is 0.00666. The van der Waals surface area contributed by atoms with E-state index in [0.717, 1.165) is 51.6 Å². The zero-order valence-electron chi connectivity index (χ0n) is 19.0. The Balaban J connectivity index is 1.60. The van der Waals surface area contributed by atoms with Gasteiger partial charge in [-0.25, -0.2) is 0 Å². The predicted molar refractivity (Wildman–Crippen MR) is 113 cm³/mol. The first-order valence-electron chi connectivity index (χ1n) is 11.9. The second kappa shape index (κ2) is 7.25. The van der Waals surface area contributed by atoms with Crippen molar-refractivity contribution >= 4 is 11.8 Å². The van der Waals surface area contributed by atoms with Crippen LogP contribution in [0.1, 0.15) is 72.6 Å². The summed E-state index contributed by atoms with van der Waals surface area (Å²) < 4.78 is 0. The molecule has 0 radical (unpaired) electrons. The van der Waals surface area contributed by atoms with Crippen molar-refractivity contribution in [2.45, 2.75) is 84.8 Å². The zero-order valence-corrected chi connectivity index (χ0v) is 19.0. The van der Waals surface area contributed by atoms with Gasteiger partial charge in [-0.2, -0.15) is 0 Å². The highest BCUT2D eigenvalue weighted by atomic mass is 16.3. The minimum Gasteiger partial charge on any atom is -0.383 e. The number of nitrogens with zero attached hydrogens (tertiary/aromatic N) is 2. The van der Waals surface area contributed by atoms with E-state index in [2.05, 4.69) is 27.7 Å². The van der Waals surface area contributed by atoms with E-state index in [1.165, 1.54) is 0 Å². The molecule has 2 amide bonds. The molecule has 0 bridgehead atoms. The van der Waals surface area contributed by atoms with Gasteiger partial charge in [0.1, 0.15) is 6.10 Å². The van der Waals surface area contributed by atoms with Crippen molar-refractivity contribution in [1.82, 2.24) is 9.80 Å². The summed E-state index contributed by atoms with van der Waals surface area (Å²) in [5.41, 5.74) is 0.104. The molecule has 5 nitrogen and oxygen atoms in total. The highest BCUT2D eigenvalue weighted by Crippen LogP contribution is 2.66. The van der Waals surface area contributed by atoms with Crippen LogP contribution in [0.2, 0.25) is 0 Å². The van der Waals surface area contributed by atoms with E-state index in [-0.39, 0.29) is 28.7 Å². The molecule has 29 heavy (non-hydrogen) atoms. The summed E-state index contributed by atoms with van der Waals surface area (Å²) in [7, 11) is 1.88. The SMILES string of the molecule is CCN(CC)C(=O)[C@H]1CC[C@H]2[C@@H]3CC[C@H]4N(C)C(=O)[C@H](O)C[C@]4(C)[C@H]3CC[C@]12C. The van der Waals surface area contributed by atoms with E-state index in [1.807, 2.05) is 16.8 Å². The monoisotopic (exact) mass is 404 g/mol. The van der Waals surface area contributed by atoms with Gasteiger partial charge in [0.25, 0.3) is 5.91 Å². The molecule has 8 atom stereocenters. The van der Waals surface area contributed by atoms with Crippen molar-refractivity contribution in [1.29, 1.82) is 0 Å². The fourth-order valence-electron chi connectivity index (χ4n) is 8.41. The van der Waals surface area contributed by atoms with Crippen LogP contribution in [0.4, 0.5) is 0 Å². The number of likely N-dealkylation sites (tertiary alicyclic amines) is 1. The van der Waals surface area contributed by atoms with Gasteiger partial charge in [-0.05, 0) is 87.4 Å². The molecule has 1 N–H and O–H groups in total. The molecule has 0 aromatic heterocycles. The molecule has 0 unspecified atom stereocenters. The number of hydrogen-bond donors (Lipinski definition) is 1. The molecule has 0 aromatic rings. The van der Waals surface area contributed by atoms with Gasteiger partial charge < -0.3 is 14.9 Å². The predicted octanol–water partition coefficient (Wildman–Crippen LogP) is 3.31. The molecular formula is C24H40N2O3. The average molecular weight is 405 g/mol. The van der Waals surface area contributed by atoms with Crippen LogP contribution in [0, 0.1) is 34.5 Å². The van der Waals surface area contributed by atoms with Crippen molar-refractivity contribution in [3.05, 3.63) is 0 Å². The Hall–Kier alpha value is -1.10. The minimum atomic E-state index is -0.853. The Morgan fingerprint density at radius 3 is 2.38 bits per heavy atom. The van der Waals surface area contributed by atoms with Gasteiger partial charge in [0.05, 0.1) is 0 Å². The lowest BCUT2D eigenvalue weighted by atomic mass is 9.46. The molecule has 4 fully saturated rings. The number of piperidine rings is 1. The number of carbonyl (C=O) groups is 2. The molecule has 1 heterocycles. The molecule has 5 heteroatoms. The second-order valence-corrected chi connectivity index (χ2v) is 10.8. The Morgan fingerprint density at radius 2 is 1.72 bits per heavy atom. The summed E-state index contributed by atoms with van der Waals surface area (Å²) in [5.74, 6) is 2.21. The van der Waals surface area contributed by atoms with Crippen molar-refractivity contribution in [3.8, 4) is 0 Å². The highest BCUT2D eigenvalue weighted by Gasteiger charge is 2.63. The molecular weight excluding hydrogens is 364 g/mol. The lowest BCUT2D eigenvalue weighted by Crippen LogP contribution is -2.64. The standard InChI is InChI=1S/C24H40N2O3/c1-6-26(7-2)21(28)18-10-9-16-15-8-11-20-24(4,14-19(27)22(29)25(20)5)17(15)12-13-23(16,18)3/h15-20,27H,6-14H2,1-5H3/t15-,16-,17-,18+,19+,20+,23-,24+/m0/s1. The highest BCUT2D eigenvalue weighted by molar-refractivity contribution is 5.82. The molecule has 4 aliphatic rings. The van der Waals surface area contributed by atoms with Crippen molar-refractivity contribution in [3.63, 3.8) is 0 Å². The Labute approximate surface area is 176 Å². The van der Waals surface area contributed by atoms with Crippen LogP contribution < -0.4 is 0 Å². The largest absolute Gasteiger partial charge is 0.383 e. The smallest absolute Gasteiger partial charge is 0.251 e. The van der Waals surface area contributed by atoms with Crippen LogP contribution in [0.15, 0.2) is 0 Å². The van der Waals surface area contributed by atoms with Gasteiger partial charge in [-0.3, -0.25) is 9.59 Å². The average Bonchev–Trinajstić information content (AvgIpc) is 3.04. The van der Waals surface area contributed by atoms with E-state index >= 15 is 0 Å². The quantitative estimate of drug-likeness (QED) is 0.785. The lowest BCUT2D eigenvalue weighted by Gasteiger charge is -2.62. The number of rotatable bonds is 3. The Morgan fingerprint density at radius 1 is 1.07 bits per heavy atom. The first kappa shape index (κ1) is 21.1. The van der Waals surface area contributed by atoms with E-state index < -0.39 is 6.10 Å². The van der Waals surface area contributed by atoms with Crippen LogP contribution in [0.5, 0.6) is 0 Å². The molecule has 0 spiro atoms. The van der Waals surface area contributed by atoms with E-state index in [9.17, 15) is 14.7 Å². The maximum absolute atomic E-state index is 13.3. The molecule has 3 aliphatic carbocycles.